The van der Waals surface area contributed by atoms with Crippen molar-refractivity contribution in [1.29, 1.82) is 0 Å². The van der Waals surface area contributed by atoms with Crippen LogP contribution in [-0.4, -0.2) is 54.5 Å². The summed E-state index contributed by atoms with van der Waals surface area (Å²) < 4.78 is 29.7. The van der Waals surface area contributed by atoms with Gasteiger partial charge in [-0.1, -0.05) is 17.7 Å². The van der Waals surface area contributed by atoms with Gasteiger partial charge in [0.25, 0.3) is 0 Å². The monoisotopic (exact) mass is 413 g/mol. The number of hydrogen-bond acceptors (Lipinski definition) is 5. The summed E-state index contributed by atoms with van der Waals surface area (Å²) in [4.78, 5) is 4.63. The summed E-state index contributed by atoms with van der Waals surface area (Å²) >= 11 is 0. The SMILES string of the molecule is Cc1ccc(-n2nc(C)c(N=C3C=CC(=[N+](C)C)C=C3NS(C)(=O)=O)c2N)cc1. The Hall–Kier alpha value is -3.20. The number of nitrogens with one attached hydrogen (secondary N) is 1. The van der Waals surface area contributed by atoms with Crippen molar-refractivity contribution in [1.82, 2.24) is 14.5 Å². The Labute approximate surface area is 170 Å². The number of aromatic nitrogens is 2. The quantitative estimate of drug-likeness (QED) is 0.589. The first kappa shape index (κ1) is 20.5. The molecule has 0 fully saturated rings. The van der Waals surface area contributed by atoms with Crippen molar-refractivity contribution in [3.8, 4) is 5.69 Å². The third-order valence-corrected chi connectivity index (χ3v) is 4.96. The smallest absolute Gasteiger partial charge is 0.229 e. The van der Waals surface area contributed by atoms with E-state index in [1.54, 1.807) is 16.8 Å². The molecule has 1 aliphatic rings. The van der Waals surface area contributed by atoms with E-state index in [2.05, 4.69) is 14.8 Å². The van der Waals surface area contributed by atoms with Crippen LogP contribution in [0.2, 0.25) is 0 Å². The maximum Gasteiger partial charge on any atom is 0.229 e. The predicted molar refractivity (Wildman–Crippen MR) is 117 cm³/mol. The zero-order chi connectivity index (χ0) is 21.3. The van der Waals surface area contributed by atoms with Crippen molar-refractivity contribution in [2.24, 2.45) is 4.99 Å². The summed E-state index contributed by atoms with van der Waals surface area (Å²) in [5, 5.41) is 4.51. The minimum absolute atomic E-state index is 0.376. The summed E-state index contributed by atoms with van der Waals surface area (Å²) in [5.74, 6) is 0.383. The van der Waals surface area contributed by atoms with Gasteiger partial charge in [-0.15, -0.1) is 0 Å². The third-order valence-electron chi connectivity index (χ3n) is 4.37. The minimum atomic E-state index is -3.48. The van der Waals surface area contributed by atoms with Gasteiger partial charge in [-0.3, -0.25) is 4.72 Å². The van der Waals surface area contributed by atoms with Crippen LogP contribution in [0.15, 0.2) is 53.2 Å². The number of sulfonamides is 1. The molecule has 0 radical (unpaired) electrons. The molecule has 0 unspecified atom stereocenters. The fourth-order valence-corrected chi connectivity index (χ4v) is 3.42. The van der Waals surface area contributed by atoms with E-state index < -0.39 is 10.0 Å². The molecule has 29 heavy (non-hydrogen) atoms. The van der Waals surface area contributed by atoms with Crippen molar-refractivity contribution in [3.63, 3.8) is 0 Å². The van der Waals surface area contributed by atoms with Crippen LogP contribution in [0.4, 0.5) is 11.5 Å². The molecular formula is C20H25N6O2S+. The lowest BCUT2D eigenvalue weighted by molar-refractivity contribution is -0.462. The molecule has 0 saturated carbocycles. The van der Waals surface area contributed by atoms with Crippen LogP contribution in [0.3, 0.4) is 0 Å². The Kier molecular flexibility index (Phi) is 5.43. The van der Waals surface area contributed by atoms with E-state index in [0.717, 1.165) is 23.2 Å². The van der Waals surface area contributed by atoms with Gasteiger partial charge in [0.15, 0.2) is 5.82 Å². The Morgan fingerprint density at radius 3 is 2.38 bits per heavy atom. The van der Waals surface area contributed by atoms with Crippen LogP contribution in [-0.2, 0) is 10.0 Å². The average molecular weight is 414 g/mol. The second-order valence-electron chi connectivity index (χ2n) is 7.15. The van der Waals surface area contributed by atoms with E-state index in [1.165, 1.54) is 0 Å². The maximum atomic E-state index is 11.8. The molecule has 0 saturated heterocycles. The van der Waals surface area contributed by atoms with Gasteiger partial charge in [0.05, 0.1) is 29.0 Å². The van der Waals surface area contributed by atoms with Crippen molar-refractivity contribution in [2.75, 3.05) is 26.1 Å². The summed E-state index contributed by atoms with van der Waals surface area (Å²) in [6, 6.07) is 7.84. The van der Waals surface area contributed by atoms with Crippen LogP contribution in [0, 0.1) is 13.8 Å². The highest BCUT2D eigenvalue weighted by Gasteiger charge is 2.20. The zero-order valence-electron chi connectivity index (χ0n) is 17.1. The first-order valence-electron chi connectivity index (χ1n) is 8.98. The molecule has 1 heterocycles. The second kappa shape index (κ2) is 7.67. The van der Waals surface area contributed by atoms with Crippen LogP contribution in [0.1, 0.15) is 11.3 Å². The van der Waals surface area contributed by atoms with E-state index in [4.69, 9.17) is 5.73 Å². The molecule has 3 N–H and O–H groups in total. The Balaban J connectivity index is 2.09. The molecule has 0 bridgehead atoms. The lowest BCUT2D eigenvalue weighted by atomic mass is 10.1. The number of rotatable bonds is 4. The van der Waals surface area contributed by atoms with Gasteiger partial charge < -0.3 is 5.73 Å². The lowest BCUT2D eigenvalue weighted by Gasteiger charge is -2.13. The topological polar surface area (TPSA) is 105 Å². The summed E-state index contributed by atoms with van der Waals surface area (Å²) in [5.41, 5.74) is 11.1. The normalized spacial score (nSPS) is 15.6. The average Bonchev–Trinajstić information content (AvgIpc) is 2.90. The van der Waals surface area contributed by atoms with Gasteiger partial charge >= 0.3 is 0 Å². The van der Waals surface area contributed by atoms with Crippen LogP contribution in [0.25, 0.3) is 5.69 Å². The standard InChI is InChI=1S/C20H24N6O2S/c1-13-6-8-15(9-7-13)26-20(21)19(14(2)23-26)22-17-11-10-16(25(3)4)12-18(17)24-29(5,27)28/h6-12H,1-5H3,(H2,21,23,24)/p+1. The number of aryl methyl sites for hydroxylation is 2. The summed E-state index contributed by atoms with van der Waals surface area (Å²) in [7, 11) is 0.281. The molecular weight excluding hydrogens is 388 g/mol. The molecule has 1 aliphatic carbocycles. The molecule has 0 aliphatic heterocycles. The highest BCUT2D eigenvalue weighted by molar-refractivity contribution is 7.88. The van der Waals surface area contributed by atoms with Gasteiger partial charge in [0.2, 0.25) is 15.7 Å². The number of allylic oxidation sites excluding steroid dienone is 3. The number of anilines is 1. The van der Waals surface area contributed by atoms with Gasteiger partial charge in [-0.2, -0.15) is 5.10 Å². The first-order chi connectivity index (χ1) is 13.5. The molecule has 152 valence electrons. The predicted octanol–water partition coefficient (Wildman–Crippen LogP) is 1.86. The van der Waals surface area contributed by atoms with Crippen molar-refractivity contribution < 1.29 is 13.0 Å². The van der Waals surface area contributed by atoms with Gasteiger partial charge in [0, 0.05) is 12.2 Å². The Morgan fingerprint density at radius 1 is 1.14 bits per heavy atom. The number of nitrogens with two attached hydrogens (primary N) is 1. The number of hydrogen-bond donors (Lipinski definition) is 2. The largest absolute Gasteiger partial charge is 0.382 e. The van der Waals surface area contributed by atoms with Gasteiger partial charge in [-0.25, -0.2) is 22.7 Å². The summed E-state index contributed by atoms with van der Waals surface area (Å²) in [6.45, 7) is 3.83. The van der Waals surface area contributed by atoms with Gasteiger partial charge in [0.1, 0.15) is 19.8 Å². The van der Waals surface area contributed by atoms with E-state index in [-0.39, 0.29) is 0 Å². The van der Waals surface area contributed by atoms with E-state index in [0.29, 0.717) is 28.6 Å². The molecule has 0 amide bonds. The zero-order valence-corrected chi connectivity index (χ0v) is 17.9. The molecule has 1 aromatic carbocycles. The van der Waals surface area contributed by atoms with Crippen molar-refractivity contribution in [2.45, 2.75) is 13.8 Å². The second-order valence-corrected chi connectivity index (χ2v) is 8.90. The number of nitrogens with zero attached hydrogens (tertiary/aromatic N) is 4. The molecule has 8 nitrogen and oxygen atoms in total. The Morgan fingerprint density at radius 2 is 1.79 bits per heavy atom. The highest BCUT2D eigenvalue weighted by atomic mass is 32.2. The molecule has 3 rings (SSSR count). The molecule has 9 heteroatoms. The van der Waals surface area contributed by atoms with Crippen molar-refractivity contribution in [3.05, 3.63) is 59.4 Å². The molecule has 0 spiro atoms. The Bertz CT molecular complexity index is 1180. The van der Waals surface area contributed by atoms with Gasteiger partial charge in [-0.05, 0) is 32.1 Å². The van der Waals surface area contributed by atoms with Crippen LogP contribution in [0.5, 0.6) is 0 Å². The fraction of sp³-hybridized carbons (Fsp3) is 0.250. The molecule has 0 atom stereocenters. The van der Waals surface area contributed by atoms with E-state index >= 15 is 0 Å². The first-order valence-corrected chi connectivity index (χ1v) is 10.9. The number of benzene rings is 1. The summed E-state index contributed by atoms with van der Waals surface area (Å²) in [6.07, 6.45) is 6.46. The third kappa shape index (κ3) is 4.62. The van der Waals surface area contributed by atoms with E-state index in [9.17, 15) is 8.42 Å². The minimum Gasteiger partial charge on any atom is -0.382 e. The fourth-order valence-electron chi connectivity index (χ4n) is 2.86. The highest BCUT2D eigenvalue weighted by Crippen LogP contribution is 2.30. The van der Waals surface area contributed by atoms with Crippen LogP contribution >= 0.6 is 0 Å². The van der Waals surface area contributed by atoms with Crippen molar-refractivity contribution >= 4 is 33.0 Å². The maximum absolute atomic E-state index is 11.8. The lowest BCUT2D eigenvalue weighted by Crippen LogP contribution is -2.29. The van der Waals surface area contributed by atoms with Crippen LogP contribution < -0.4 is 10.5 Å². The molecule has 1 aromatic heterocycles. The number of nitrogen functional groups attached to an aromatic ring is 1. The van der Waals surface area contributed by atoms with E-state index in [1.807, 2.05) is 62.9 Å². The number of aliphatic imine (C=N–C) groups is 1. The molecule has 2 aromatic rings.